The highest BCUT2D eigenvalue weighted by atomic mass is 16.1. The summed E-state index contributed by atoms with van der Waals surface area (Å²) in [7, 11) is 3.98. The van der Waals surface area contributed by atoms with Gasteiger partial charge in [-0.1, -0.05) is 26.0 Å². The Kier molecular flexibility index (Phi) is 5.89. The first-order chi connectivity index (χ1) is 13.4. The van der Waals surface area contributed by atoms with E-state index in [1.165, 1.54) is 5.56 Å². The van der Waals surface area contributed by atoms with Crippen LogP contribution in [0.2, 0.25) is 0 Å². The minimum Gasteiger partial charge on any atom is -0.378 e. The Balaban J connectivity index is 1.68. The van der Waals surface area contributed by atoms with Crippen LogP contribution in [-0.4, -0.2) is 30.0 Å². The number of aromatic nitrogens is 2. The molecule has 0 radical (unpaired) electrons. The molecule has 1 heterocycles. The molecule has 0 atom stereocenters. The summed E-state index contributed by atoms with van der Waals surface area (Å²) >= 11 is 0. The van der Waals surface area contributed by atoms with Crippen LogP contribution < -0.4 is 15.5 Å². The zero-order valence-corrected chi connectivity index (χ0v) is 16.6. The molecule has 2 N–H and O–H groups in total. The van der Waals surface area contributed by atoms with Gasteiger partial charge < -0.3 is 15.5 Å². The number of rotatable bonds is 6. The summed E-state index contributed by atoms with van der Waals surface area (Å²) in [4.78, 5) is 23.1. The average molecular weight is 375 g/mol. The quantitative estimate of drug-likeness (QED) is 0.656. The van der Waals surface area contributed by atoms with E-state index in [2.05, 4.69) is 34.4 Å². The van der Waals surface area contributed by atoms with Crippen molar-refractivity contribution in [1.29, 1.82) is 0 Å². The lowest BCUT2D eigenvalue weighted by atomic mass is 10.0. The van der Waals surface area contributed by atoms with Crippen molar-refractivity contribution in [2.75, 3.05) is 29.6 Å². The molecule has 0 fully saturated rings. The highest BCUT2D eigenvalue weighted by Gasteiger charge is 2.10. The third kappa shape index (κ3) is 4.85. The third-order valence-corrected chi connectivity index (χ3v) is 4.36. The third-order valence-electron chi connectivity index (χ3n) is 4.36. The Bertz CT molecular complexity index is 934. The predicted octanol–water partition coefficient (Wildman–Crippen LogP) is 4.66. The molecule has 6 nitrogen and oxygen atoms in total. The number of carbonyl (C=O) groups is 1. The maximum absolute atomic E-state index is 12.5. The monoisotopic (exact) mass is 375 g/mol. The normalized spacial score (nSPS) is 10.6. The second kappa shape index (κ2) is 8.52. The smallest absolute Gasteiger partial charge is 0.274 e. The Morgan fingerprint density at radius 3 is 2.18 bits per heavy atom. The van der Waals surface area contributed by atoms with Crippen LogP contribution in [0.4, 0.5) is 23.0 Å². The van der Waals surface area contributed by atoms with Gasteiger partial charge in [0.15, 0.2) is 0 Å². The van der Waals surface area contributed by atoms with E-state index in [0.717, 1.165) is 17.1 Å². The molecule has 0 saturated heterocycles. The minimum atomic E-state index is -0.272. The molecule has 0 aliphatic carbocycles. The van der Waals surface area contributed by atoms with Crippen LogP contribution in [-0.2, 0) is 0 Å². The Hall–Kier alpha value is -3.41. The molecular formula is C22H25N5O. The fourth-order valence-corrected chi connectivity index (χ4v) is 2.66. The van der Waals surface area contributed by atoms with E-state index >= 15 is 0 Å². The van der Waals surface area contributed by atoms with Crippen molar-refractivity contribution in [1.82, 2.24) is 9.97 Å². The van der Waals surface area contributed by atoms with E-state index in [1.54, 1.807) is 12.3 Å². The molecule has 6 heteroatoms. The summed E-state index contributed by atoms with van der Waals surface area (Å²) in [6, 6.07) is 17.3. The zero-order chi connectivity index (χ0) is 20.1. The van der Waals surface area contributed by atoms with Gasteiger partial charge in [-0.05, 0) is 53.9 Å². The predicted molar refractivity (Wildman–Crippen MR) is 115 cm³/mol. The minimum absolute atomic E-state index is 0.272. The van der Waals surface area contributed by atoms with Crippen molar-refractivity contribution in [3.8, 4) is 0 Å². The van der Waals surface area contributed by atoms with Gasteiger partial charge in [-0.2, -0.15) is 0 Å². The van der Waals surface area contributed by atoms with E-state index in [4.69, 9.17) is 0 Å². The maximum atomic E-state index is 12.5. The number of carbonyl (C=O) groups excluding carboxylic acids is 1. The van der Waals surface area contributed by atoms with Gasteiger partial charge in [-0.25, -0.2) is 9.97 Å². The summed E-state index contributed by atoms with van der Waals surface area (Å²) in [5.41, 5.74) is 4.22. The van der Waals surface area contributed by atoms with Gasteiger partial charge in [0.1, 0.15) is 5.69 Å². The number of hydrogen-bond donors (Lipinski definition) is 2. The summed E-state index contributed by atoms with van der Waals surface area (Å²) in [6.07, 6.45) is 1.57. The SMILES string of the molecule is CC(C)c1ccc(NC(=O)c2ccnc(Nc3ccc(N(C)C)cc3)n2)cc1. The van der Waals surface area contributed by atoms with Crippen LogP contribution in [0.5, 0.6) is 0 Å². The Morgan fingerprint density at radius 2 is 1.57 bits per heavy atom. The molecule has 2 aromatic carbocycles. The topological polar surface area (TPSA) is 70.2 Å². The molecule has 0 saturated carbocycles. The van der Waals surface area contributed by atoms with E-state index in [9.17, 15) is 4.79 Å². The molecule has 1 aromatic heterocycles. The maximum Gasteiger partial charge on any atom is 0.274 e. The molecule has 0 aliphatic rings. The second-order valence-corrected chi connectivity index (χ2v) is 7.06. The van der Waals surface area contributed by atoms with Gasteiger partial charge in [0.25, 0.3) is 5.91 Å². The number of nitrogens with one attached hydrogen (secondary N) is 2. The van der Waals surface area contributed by atoms with Crippen LogP contribution in [0.15, 0.2) is 60.8 Å². The highest BCUT2D eigenvalue weighted by molar-refractivity contribution is 6.03. The van der Waals surface area contributed by atoms with E-state index in [1.807, 2.05) is 67.5 Å². The molecule has 3 rings (SSSR count). The van der Waals surface area contributed by atoms with E-state index in [-0.39, 0.29) is 5.91 Å². The van der Waals surface area contributed by atoms with Crippen LogP contribution in [0.1, 0.15) is 35.8 Å². The summed E-state index contributed by atoms with van der Waals surface area (Å²) in [5.74, 6) is 0.554. The van der Waals surface area contributed by atoms with Crippen molar-refractivity contribution in [3.05, 3.63) is 72.1 Å². The van der Waals surface area contributed by atoms with E-state index < -0.39 is 0 Å². The van der Waals surface area contributed by atoms with Gasteiger partial charge in [0.05, 0.1) is 0 Å². The van der Waals surface area contributed by atoms with Crippen LogP contribution >= 0.6 is 0 Å². The molecule has 28 heavy (non-hydrogen) atoms. The number of amides is 1. The first kappa shape index (κ1) is 19.4. The Morgan fingerprint density at radius 1 is 0.929 bits per heavy atom. The van der Waals surface area contributed by atoms with Crippen molar-refractivity contribution in [3.63, 3.8) is 0 Å². The van der Waals surface area contributed by atoms with Crippen LogP contribution in [0.3, 0.4) is 0 Å². The van der Waals surface area contributed by atoms with Gasteiger partial charge >= 0.3 is 0 Å². The highest BCUT2D eigenvalue weighted by Crippen LogP contribution is 2.19. The van der Waals surface area contributed by atoms with Crippen LogP contribution in [0, 0.1) is 0 Å². The van der Waals surface area contributed by atoms with Gasteiger partial charge in [-0.15, -0.1) is 0 Å². The summed E-state index contributed by atoms with van der Waals surface area (Å²) < 4.78 is 0. The molecule has 3 aromatic rings. The molecule has 0 unspecified atom stereocenters. The van der Waals surface area contributed by atoms with Crippen molar-refractivity contribution < 1.29 is 4.79 Å². The van der Waals surface area contributed by atoms with Gasteiger partial charge in [0, 0.05) is 37.4 Å². The fraction of sp³-hybridized carbons (Fsp3) is 0.227. The lowest BCUT2D eigenvalue weighted by Gasteiger charge is -2.13. The fourth-order valence-electron chi connectivity index (χ4n) is 2.66. The number of benzene rings is 2. The largest absolute Gasteiger partial charge is 0.378 e. The second-order valence-electron chi connectivity index (χ2n) is 7.06. The summed E-state index contributed by atoms with van der Waals surface area (Å²) in [5, 5.41) is 6.00. The first-order valence-corrected chi connectivity index (χ1v) is 9.21. The standard InChI is InChI=1S/C22H25N5O/c1-15(2)16-5-7-17(8-6-16)24-21(28)20-13-14-23-22(26-20)25-18-9-11-19(12-10-18)27(3)4/h5-15H,1-4H3,(H,24,28)(H,23,25,26). The van der Waals surface area contributed by atoms with Gasteiger partial charge in [0.2, 0.25) is 5.95 Å². The van der Waals surface area contributed by atoms with Crippen molar-refractivity contribution in [2.45, 2.75) is 19.8 Å². The average Bonchev–Trinajstić information content (AvgIpc) is 2.69. The molecule has 144 valence electrons. The molecule has 1 amide bonds. The molecular weight excluding hydrogens is 350 g/mol. The lowest BCUT2D eigenvalue weighted by molar-refractivity contribution is 0.102. The van der Waals surface area contributed by atoms with E-state index in [0.29, 0.717) is 17.6 Å². The Labute approximate surface area is 165 Å². The molecule has 0 spiro atoms. The first-order valence-electron chi connectivity index (χ1n) is 9.21. The molecule has 0 bridgehead atoms. The number of hydrogen-bond acceptors (Lipinski definition) is 5. The zero-order valence-electron chi connectivity index (χ0n) is 16.6. The van der Waals surface area contributed by atoms with Crippen LogP contribution in [0.25, 0.3) is 0 Å². The summed E-state index contributed by atoms with van der Waals surface area (Å²) in [6.45, 7) is 4.27. The van der Waals surface area contributed by atoms with Crippen molar-refractivity contribution in [2.24, 2.45) is 0 Å². The van der Waals surface area contributed by atoms with Gasteiger partial charge in [-0.3, -0.25) is 4.79 Å². The molecule has 0 aliphatic heterocycles. The lowest BCUT2D eigenvalue weighted by Crippen LogP contribution is -2.14. The number of anilines is 4. The number of nitrogens with zero attached hydrogens (tertiary/aromatic N) is 3. The van der Waals surface area contributed by atoms with Crippen molar-refractivity contribution >= 4 is 28.9 Å².